The Bertz CT molecular complexity index is 1280. The monoisotopic (exact) mass is 492 g/mol. The summed E-state index contributed by atoms with van der Waals surface area (Å²) in [7, 11) is 0. The molecule has 1 unspecified atom stereocenters. The van der Waals surface area contributed by atoms with Crippen LogP contribution >= 0.6 is 23.4 Å². The highest BCUT2D eigenvalue weighted by Gasteiger charge is 2.21. The van der Waals surface area contributed by atoms with Gasteiger partial charge in [-0.15, -0.1) is 10.2 Å². The third-order valence-corrected chi connectivity index (χ3v) is 6.04. The molecular weight excluding hydrogens is 472 g/mol. The number of nitrogens with one attached hydrogen (secondary N) is 1. The minimum atomic E-state index is -0.990. The van der Waals surface area contributed by atoms with Gasteiger partial charge in [-0.3, -0.25) is 14.2 Å². The molecule has 0 spiro atoms. The van der Waals surface area contributed by atoms with Crippen LogP contribution in [0.5, 0.6) is 0 Å². The first-order valence-corrected chi connectivity index (χ1v) is 11.8. The van der Waals surface area contributed by atoms with Crippen LogP contribution in [0.25, 0.3) is 17.1 Å². The zero-order chi connectivity index (χ0) is 23.9. The van der Waals surface area contributed by atoms with Crippen LogP contribution in [0, 0.1) is 0 Å². The number of esters is 1. The molecule has 0 aliphatic heterocycles. The van der Waals surface area contributed by atoms with Crippen molar-refractivity contribution in [3.05, 3.63) is 90.0 Å². The molecule has 0 bridgehead atoms. The normalized spacial score (nSPS) is 11.6. The van der Waals surface area contributed by atoms with E-state index >= 15 is 0 Å². The number of ether oxygens (including phenoxy) is 1. The maximum Gasteiger partial charge on any atom is 0.317 e. The fourth-order valence-electron chi connectivity index (χ4n) is 3.15. The Morgan fingerprint density at radius 2 is 1.62 bits per heavy atom. The van der Waals surface area contributed by atoms with Crippen LogP contribution in [-0.2, 0) is 14.3 Å². The number of nitrogens with zero attached hydrogens (tertiary/aromatic N) is 3. The maximum absolute atomic E-state index is 12.5. The molecule has 0 saturated heterocycles. The molecular formula is C25H21ClN4O3S. The van der Waals surface area contributed by atoms with Crippen LogP contribution < -0.4 is 5.32 Å². The maximum atomic E-state index is 12.5. The predicted octanol–water partition coefficient (Wildman–Crippen LogP) is 5.25. The molecule has 0 radical (unpaired) electrons. The summed E-state index contributed by atoms with van der Waals surface area (Å²) in [5.41, 5.74) is 2.23. The van der Waals surface area contributed by atoms with Crippen molar-refractivity contribution in [2.45, 2.75) is 18.2 Å². The third kappa shape index (κ3) is 5.65. The largest absolute Gasteiger partial charge is 0.452 e. The van der Waals surface area contributed by atoms with E-state index in [0.29, 0.717) is 21.7 Å². The number of halogens is 1. The third-order valence-electron chi connectivity index (χ3n) is 4.81. The average molecular weight is 493 g/mol. The van der Waals surface area contributed by atoms with Crippen LogP contribution in [0.4, 0.5) is 5.69 Å². The molecule has 1 N–H and O–H groups in total. The fourth-order valence-corrected chi connectivity index (χ4v) is 4.07. The highest BCUT2D eigenvalue weighted by molar-refractivity contribution is 7.99. The molecule has 3 aromatic carbocycles. The van der Waals surface area contributed by atoms with Crippen molar-refractivity contribution in [1.82, 2.24) is 14.8 Å². The topological polar surface area (TPSA) is 86.1 Å². The first-order valence-electron chi connectivity index (χ1n) is 10.5. The Kier molecular flexibility index (Phi) is 7.61. The number of hydrogen-bond donors (Lipinski definition) is 1. The lowest BCUT2D eigenvalue weighted by Crippen LogP contribution is -2.30. The Morgan fingerprint density at radius 1 is 0.971 bits per heavy atom. The van der Waals surface area contributed by atoms with Crippen molar-refractivity contribution in [2.75, 3.05) is 11.1 Å². The standard InChI is InChI=1S/C25H21ClN4O3S/c1-17(24(32)27-21-15-9-8-14-20(21)26)33-22(31)16-34-25-29-28-23(18-10-4-2-5-11-18)30(25)19-12-6-3-7-13-19/h2-15,17H,16H2,1H3,(H,27,32). The van der Waals surface area contributed by atoms with E-state index < -0.39 is 18.0 Å². The van der Waals surface area contributed by atoms with E-state index in [9.17, 15) is 9.59 Å². The SMILES string of the molecule is CC(OC(=O)CSc1nnc(-c2ccccc2)n1-c1ccccc1)C(=O)Nc1ccccc1Cl. The van der Waals surface area contributed by atoms with Crippen molar-refractivity contribution >= 4 is 40.9 Å². The Balaban J connectivity index is 1.44. The van der Waals surface area contributed by atoms with Crippen molar-refractivity contribution in [2.24, 2.45) is 0 Å². The summed E-state index contributed by atoms with van der Waals surface area (Å²) in [5, 5.41) is 12.2. The molecule has 0 aliphatic rings. The second kappa shape index (κ2) is 11.0. The summed E-state index contributed by atoms with van der Waals surface area (Å²) in [5.74, 6) is -0.389. The fraction of sp³-hybridized carbons (Fsp3) is 0.120. The van der Waals surface area contributed by atoms with Gasteiger partial charge in [0.05, 0.1) is 16.5 Å². The predicted molar refractivity (Wildman–Crippen MR) is 133 cm³/mol. The van der Waals surface area contributed by atoms with E-state index in [1.165, 1.54) is 18.7 Å². The second-order valence-corrected chi connectivity index (χ2v) is 8.58. The van der Waals surface area contributed by atoms with Gasteiger partial charge in [-0.2, -0.15) is 0 Å². The first-order chi connectivity index (χ1) is 16.5. The van der Waals surface area contributed by atoms with Gasteiger partial charge in [-0.05, 0) is 31.2 Å². The Hall–Kier alpha value is -3.62. The molecule has 0 saturated carbocycles. The number of rotatable bonds is 8. The number of anilines is 1. The quantitative estimate of drug-likeness (QED) is 0.267. The van der Waals surface area contributed by atoms with Crippen LogP contribution in [0.1, 0.15) is 6.92 Å². The van der Waals surface area contributed by atoms with E-state index in [-0.39, 0.29) is 5.75 Å². The highest BCUT2D eigenvalue weighted by atomic mass is 35.5. The van der Waals surface area contributed by atoms with Crippen molar-refractivity contribution in [3.63, 3.8) is 0 Å². The minimum Gasteiger partial charge on any atom is -0.452 e. The summed E-state index contributed by atoms with van der Waals surface area (Å²) in [4.78, 5) is 24.9. The zero-order valence-corrected chi connectivity index (χ0v) is 19.8. The molecule has 0 aliphatic carbocycles. The summed E-state index contributed by atoms with van der Waals surface area (Å²) in [6, 6.07) is 26.2. The number of carbonyl (C=O) groups excluding carboxylic acids is 2. The second-order valence-electron chi connectivity index (χ2n) is 7.23. The molecule has 0 fully saturated rings. The van der Waals surface area contributed by atoms with Gasteiger partial charge >= 0.3 is 5.97 Å². The van der Waals surface area contributed by atoms with Gasteiger partial charge in [0, 0.05) is 11.3 Å². The molecule has 34 heavy (non-hydrogen) atoms. The summed E-state index contributed by atoms with van der Waals surface area (Å²) in [6.45, 7) is 1.51. The highest BCUT2D eigenvalue weighted by Crippen LogP contribution is 2.28. The van der Waals surface area contributed by atoms with Crippen LogP contribution in [0.2, 0.25) is 5.02 Å². The van der Waals surface area contributed by atoms with Crippen LogP contribution in [0.15, 0.2) is 90.1 Å². The minimum absolute atomic E-state index is 0.0382. The molecule has 7 nitrogen and oxygen atoms in total. The number of para-hydroxylation sites is 2. The zero-order valence-electron chi connectivity index (χ0n) is 18.2. The van der Waals surface area contributed by atoms with Gasteiger partial charge in [-0.1, -0.05) is 84.0 Å². The molecule has 1 aromatic heterocycles. The number of aromatic nitrogens is 3. The van der Waals surface area contributed by atoms with Gasteiger partial charge in [-0.25, -0.2) is 0 Å². The van der Waals surface area contributed by atoms with E-state index in [1.54, 1.807) is 24.3 Å². The number of thioether (sulfide) groups is 1. The molecule has 4 aromatic rings. The van der Waals surface area contributed by atoms with Crippen LogP contribution in [0.3, 0.4) is 0 Å². The Labute approximate surface area is 206 Å². The first kappa shape index (κ1) is 23.5. The molecule has 4 rings (SSSR count). The number of benzene rings is 3. The smallest absolute Gasteiger partial charge is 0.317 e. The molecule has 172 valence electrons. The van der Waals surface area contributed by atoms with Gasteiger partial charge in [0.15, 0.2) is 17.1 Å². The van der Waals surface area contributed by atoms with Crippen molar-refractivity contribution in [3.8, 4) is 17.1 Å². The summed E-state index contributed by atoms with van der Waals surface area (Å²) >= 11 is 7.25. The molecule has 1 amide bonds. The van der Waals surface area contributed by atoms with Gasteiger partial charge in [0.25, 0.3) is 5.91 Å². The van der Waals surface area contributed by atoms with E-state index in [1.807, 2.05) is 65.2 Å². The lowest BCUT2D eigenvalue weighted by Gasteiger charge is -2.14. The summed E-state index contributed by atoms with van der Waals surface area (Å²) < 4.78 is 7.20. The molecule has 9 heteroatoms. The molecule has 1 heterocycles. The van der Waals surface area contributed by atoms with Crippen LogP contribution in [-0.4, -0.2) is 38.5 Å². The van der Waals surface area contributed by atoms with E-state index in [4.69, 9.17) is 16.3 Å². The number of amides is 1. The van der Waals surface area contributed by atoms with Gasteiger partial charge in [0.1, 0.15) is 0 Å². The van der Waals surface area contributed by atoms with Gasteiger partial charge in [0.2, 0.25) is 0 Å². The number of carbonyl (C=O) groups is 2. The van der Waals surface area contributed by atoms with E-state index in [2.05, 4.69) is 15.5 Å². The molecule has 1 atom stereocenters. The van der Waals surface area contributed by atoms with Crippen molar-refractivity contribution in [1.29, 1.82) is 0 Å². The Morgan fingerprint density at radius 3 is 2.32 bits per heavy atom. The lowest BCUT2D eigenvalue weighted by atomic mass is 10.2. The van der Waals surface area contributed by atoms with E-state index in [0.717, 1.165) is 11.3 Å². The lowest BCUT2D eigenvalue weighted by molar-refractivity contribution is -0.150. The average Bonchev–Trinajstić information content (AvgIpc) is 3.29. The van der Waals surface area contributed by atoms with Gasteiger partial charge < -0.3 is 10.1 Å². The summed E-state index contributed by atoms with van der Waals surface area (Å²) in [6.07, 6.45) is -0.990. The van der Waals surface area contributed by atoms with Crippen molar-refractivity contribution < 1.29 is 14.3 Å². The number of hydrogen-bond acceptors (Lipinski definition) is 6.